The summed E-state index contributed by atoms with van der Waals surface area (Å²) in [6.07, 6.45) is 0.371. The Hall–Kier alpha value is -0.760. The van der Waals surface area contributed by atoms with Crippen LogP contribution in [0.3, 0.4) is 0 Å². The third kappa shape index (κ3) is 3.53. The van der Waals surface area contributed by atoms with Crippen molar-refractivity contribution in [1.29, 1.82) is 0 Å². The molecule has 0 aliphatic rings. The summed E-state index contributed by atoms with van der Waals surface area (Å²) in [5.41, 5.74) is -0.287. The Labute approximate surface area is 123 Å². The zero-order valence-corrected chi connectivity index (χ0v) is 13.1. The molecule has 9 nitrogen and oxygen atoms in total. The van der Waals surface area contributed by atoms with Crippen molar-refractivity contribution in [3.63, 3.8) is 0 Å². The minimum Gasteiger partial charge on any atom is -0.323 e. The highest BCUT2D eigenvalue weighted by molar-refractivity contribution is 7.60. The zero-order chi connectivity index (χ0) is 15.8. The van der Waals surface area contributed by atoms with E-state index in [1.165, 1.54) is 12.1 Å². The van der Waals surface area contributed by atoms with Crippen molar-refractivity contribution < 1.29 is 33.4 Å². The summed E-state index contributed by atoms with van der Waals surface area (Å²) in [6.45, 7) is 0. The van der Waals surface area contributed by atoms with E-state index in [-0.39, 0.29) is 16.4 Å². The highest BCUT2D eigenvalue weighted by Crippen LogP contribution is 2.47. The van der Waals surface area contributed by atoms with Crippen molar-refractivity contribution in [2.45, 2.75) is 6.16 Å². The van der Waals surface area contributed by atoms with Crippen LogP contribution in [0.15, 0.2) is 18.3 Å². The van der Waals surface area contributed by atoms with Gasteiger partial charge in [0.2, 0.25) is 0 Å². The van der Waals surface area contributed by atoms with Gasteiger partial charge in [0, 0.05) is 0 Å². The highest BCUT2D eigenvalue weighted by Gasteiger charge is 2.29. The molecule has 116 valence electrons. The van der Waals surface area contributed by atoms with Crippen LogP contribution < -0.4 is 5.44 Å². The van der Waals surface area contributed by atoms with E-state index in [0.29, 0.717) is 0 Å². The third-order valence-electron chi connectivity index (χ3n) is 2.53. The van der Waals surface area contributed by atoms with Gasteiger partial charge in [0.1, 0.15) is 5.65 Å². The molecule has 0 aliphatic heterocycles. The zero-order valence-electron chi connectivity index (χ0n) is 10.6. The average molecular weight is 357 g/mol. The van der Waals surface area contributed by atoms with Crippen LogP contribution in [0.2, 0.25) is 5.02 Å². The van der Waals surface area contributed by atoms with E-state index in [9.17, 15) is 23.8 Å². The molecule has 1 atom stereocenters. The minimum atomic E-state index is -4.65. The monoisotopic (exact) mass is 356 g/mol. The van der Waals surface area contributed by atoms with Crippen molar-refractivity contribution in [2.24, 2.45) is 0 Å². The highest BCUT2D eigenvalue weighted by atomic mass is 35.5. The van der Waals surface area contributed by atoms with Crippen LogP contribution in [0.4, 0.5) is 0 Å². The van der Waals surface area contributed by atoms with Crippen LogP contribution in [0.1, 0.15) is 5.69 Å². The van der Waals surface area contributed by atoms with Gasteiger partial charge in [-0.25, -0.2) is 9.87 Å². The molecule has 0 bridgehead atoms. The molecule has 0 amide bonds. The van der Waals surface area contributed by atoms with E-state index in [0.717, 1.165) is 17.7 Å². The molecular weight excluding hydrogens is 346 g/mol. The van der Waals surface area contributed by atoms with E-state index in [1.807, 2.05) is 0 Å². The summed E-state index contributed by atoms with van der Waals surface area (Å²) in [4.78, 5) is 36.2. The van der Waals surface area contributed by atoms with Gasteiger partial charge in [0.15, 0.2) is 5.44 Å². The second-order valence-electron chi connectivity index (χ2n) is 4.02. The topological polar surface area (TPSA) is 131 Å². The van der Waals surface area contributed by atoms with E-state index >= 15 is 0 Å². The minimum absolute atomic E-state index is 0.0205. The molecule has 1 unspecified atom stereocenters. The number of pyridine rings is 1. The molecule has 2 heterocycles. The van der Waals surface area contributed by atoms with Crippen LogP contribution in [0, 0.1) is 0 Å². The molecule has 3 N–H and O–H groups in total. The van der Waals surface area contributed by atoms with E-state index in [4.69, 9.17) is 11.6 Å². The van der Waals surface area contributed by atoms with Gasteiger partial charge in [-0.15, -0.1) is 4.67 Å². The molecule has 0 aromatic carbocycles. The smallest absolute Gasteiger partial charge is 0.323 e. The Bertz CT molecular complexity index is 771. The number of fused-ring (bicyclic) bond motifs is 1. The van der Waals surface area contributed by atoms with E-state index in [2.05, 4.69) is 14.5 Å². The standard InChI is InChI=1S/C9H11ClN2O7P2/c1-18-19-20(13,14)5-7-6(10)2-3-8-11-4-9(12(7)8)21(15,16)17/h2-4H,5H2,1H3,(H,13,14)(H2,15,16,17). The molecule has 0 spiro atoms. The number of nitrogens with zero attached hydrogens (tertiary/aromatic N) is 2. The van der Waals surface area contributed by atoms with Gasteiger partial charge < -0.3 is 14.7 Å². The van der Waals surface area contributed by atoms with Gasteiger partial charge in [-0.1, -0.05) is 11.6 Å². The maximum absolute atomic E-state index is 11.8. The number of hydrogen-bond acceptors (Lipinski definition) is 5. The number of hydrogen-bond donors (Lipinski definition) is 3. The fraction of sp³-hybridized carbons (Fsp3) is 0.222. The molecule has 0 fully saturated rings. The summed E-state index contributed by atoms with van der Waals surface area (Å²) in [6, 6.07) is 2.82. The van der Waals surface area contributed by atoms with Crippen LogP contribution in [-0.4, -0.2) is 31.2 Å². The molecular formula is C9H11ClN2O7P2. The number of halogens is 1. The predicted molar refractivity (Wildman–Crippen MR) is 73.5 cm³/mol. The van der Waals surface area contributed by atoms with Crippen LogP contribution in [0.25, 0.3) is 5.65 Å². The number of imidazole rings is 1. The molecule has 0 saturated heterocycles. The first-order valence-corrected chi connectivity index (χ1v) is 9.16. The fourth-order valence-electron chi connectivity index (χ4n) is 1.79. The molecule has 2 rings (SSSR count). The normalized spacial score (nSPS) is 15.3. The summed E-state index contributed by atoms with van der Waals surface area (Å²) < 4.78 is 28.5. The number of aromatic nitrogens is 2. The summed E-state index contributed by atoms with van der Waals surface area (Å²) in [5, 5.41) is 0.0316. The van der Waals surface area contributed by atoms with Gasteiger partial charge in [-0.2, -0.15) is 0 Å². The van der Waals surface area contributed by atoms with Gasteiger partial charge in [-0.05, 0) is 12.1 Å². The first-order chi connectivity index (χ1) is 9.65. The van der Waals surface area contributed by atoms with Crippen molar-refractivity contribution in [3.05, 3.63) is 29.0 Å². The maximum atomic E-state index is 11.8. The lowest BCUT2D eigenvalue weighted by Crippen LogP contribution is -2.15. The largest absolute Gasteiger partial charge is 0.374 e. The van der Waals surface area contributed by atoms with Crippen molar-refractivity contribution >= 4 is 37.9 Å². The summed E-state index contributed by atoms with van der Waals surface area (Å²) >= 11 is 5.96. The predicted octanol–water partition coefficient (Wildman–Crippen LogP) is 1.05. The van der Waals surface area contributed by atoms with Crippen molar-refractivity contribution in [2.75, 3.05) is 7.11 Å². The first kappa shape index (κ1) is 16.6. The van der Waals surface area contributed by atoms with Gasteiger partial charge in [0.25, 0.3) is 0 Å². The molecule has 2 aromatic heterocycles. The van der Waals surface area contributed by atoms with Gasteiger partial charge in [0.05, 0.1) is 30.2 Å². The lowest BCUT2D eigenvalue weighted by atomic mass is 10.3. The summed E-state index contributed by atoms with van der Waals surface area (Å²) in [7, 11) is -7.79. The first-order valence-electron chi connectivity index (χ1n) is 5.41. The molecule has 12 heteroatoms. The van der Waals surface area contributed by atoms with Gasteiger partial charge >= 0.3 is 15.2 Å². The van der Waals surface area contributed by atoms with Gasteiger partial charge in [-0.3, -0.25) is 13.5 Å². The second kappa shape index (κ2) is 5.79. The second-order valence-corrected chi connectivity index (χ2v) is 7.71. The maximum Gasteiger partial charge on any atom is 0.374 e. The molecule has 2 aromatic rings. The van der Waals surface area contributed by atoms with Crippen LogP contribution in [-0.2, 0) is 24.9 Å². The quantitative estimate of drug-likeness (QED) is 0.412. The van der Waals surface area contributed by atoms with Crippen molar-refractivity contribution in [1.82, 2.24) is 9.38 Å². The Kier molecular flexibility index (Phi) is 4.58. The lowest BCUT2D eigenvalue weighted by molar-refractivity contribution is -0.185. The third-order valence-corrected chi connectivity index (χ3v) is 4.87. The Morgan fingerprint density at radius 1 is 1.33 bits per heavy atom. The molecule has 0 saturated carbocycles. The number of rotatable bonds is 5. The van der Waals surface area contributed by atoms with E-state index in [1.54, 1.807) is 0 Å². The van der Waals surface area contributed by atoms with Crippen LogP contribution >= 0.6 is 26.8 Å². The Morgan fingerprint density at radius 2 is 2.00 bits per heavy atom. The lowest BCUT2D eigenvalue weighted by Gasteiger charge is -2.14. The molecule has 21 heavy (non-hydrogen) atoms. The van der Waals surface area contributed by atoms with Crippen LogP contribution in [0.5, 0.6) is 0 Å². The fourth-order valence-corrected chi connectivity index (χ4v) is 3.76. The SMILES string of the molecule is COOP(=O)(O)Cc1c(Cl)ccc2ncc(P(=O)(O)O)n12. The molecule has 0 aliphatic carbocycles. The van der Waals surface area contributed by atoms with E-state index < -0.39 is 26.8 Å². The summed E-state index contributed by atoms with van der Waals surface area (Å²) in [5.74, 6) is 0. The Morgan fingerprint density at radius 3 is 2.57 bits per heavy atom. The van der Waals surface area contributed by atoms with Crippen molar-refractivity contribution in [3.8, 4) is 0 Å². The molecule has 0 radical (unpaired) electrons. The average Bonchev–Trinajstić information content (AvgIpc) is 2.76. The Balaban J connectivity index is 2.67.